The summed E-state index contributed by atoms with van der Waals surface area (Å²) >= 11 is 0. The van der Waals surface area contributed by atoms with Crippen LogP contribution in [-0.4, -0.2) is 18.9 Å². The van der Waals surface area contributed by atoms with E-state index in [4.69, 9.17) is 4.74 Å². The van der Waals surface area contributed by atoms with Crippen LogP contribution in [0.3, 0.4) is 0 Å². The van der Waals surface area contributed by atoms with Gasteiger partial charge in [0, 0.05) is 23.4 Å². The van der Waals surface area contributed by atoms with Gasteiger partial charge in [-0.3, -0.25) is 4.79 Å². The van der Waals surface area contributed by atoms with E-state index >= 15 is 0 Å². The van der Waals surface area contributed by atoms with Gasteiger partial charge in [-0.25, -0.2) is 0 Å². The smallest absolute Gasteiger partial charge is 0.187 e. The molecule has 0 amide bonds. The highest BCUT2D eigenvalue weighted by atomic mass is 16.5. The third-order valence-electron chi connectivity index (χ3n) is 2.24. The van der Waals surface area contributed by atoms with Gasteiger partial charge in [0.15, 0.2) is 5.78 Å². The number of carbonyl (C=O) groups is 1. The van der Waals surface area contributed by atoms with Crippen molar-refractivity contribution in [3.8, 4) is 5.75 Å². The monoisotopic (exact) mass is 233 g/mol. The molecule has 0 heterocycles. The number of ether oxygens (including phenoxy) is 1. The molecule has 1 rings (SSSR count). The number of hydrogen-bond acceptors (Lipinski definition) is 3. The minimum absolute atomic E-state index is 0.00157. The molecular weight excluding hydrogens is 214 g/mol. The molecule has 17 heavy (non-hydrogen) atoms. The number of rotatable bonds is 5. The number of benzene rings is 1. The van der Waals surface area contributed by atoms with Crippen LogP contribution in [-0.2, 0) is 0 Å². The van der Waals surface area contributed by atoms with Crippen molar-refractivity contribution in [1.82, 2.24) is 5.32 Å². The second kappa shape index (κ2) is 6.09. The SMILES string of the molecule is COc1ccc(C(=O)C=C(C)NC(C)C)cc1. The van der Waals surface area contributed by atoms with Gasteiger partial charge in [-0.2, -0.15) is 0 Å². The van der Waals surface area contributed by atoms with Gasteiger partial charge >= 0.3 is 0 Å². The fourth-order valence-electron chi connectivity index (χ4n) is 1.53. The van der Waals surface area contributed by atoms with E-state index in [2.05, 4.69) is 5.32 Å². The second-order valence-corrected chi connectivity index (χ2v) is 4.22. The molecule has 0 fully saturated rings. The van der Waals surface area contributed by atoms with Crippen LogP contribution in [0.4, 0.5) is 0 Å². The predicted molar refractivity (Wildman–Crippen MR) is 69.4 cm³/mol. The lowest BCUT2D eigenvalue weighted by atomic mass is 10.1. The van der Waals surface area contributed by atoms with Crippen molar-refractivity contribution in [1.29, 1.82) is 0 Å². The van der Waals surface area contributed by atoms with E-state index in [1.165, 1.54) is 0 Å². The molecular formula is C14H19NO2. The molecule has 92 valence electrons. The molecule has 0 saturated carbocycles. The number of ketones is 1. The standard InChI is InChI=1S/C14H19NO2/c1-10(2)15-11(3)9-14(16)12-5-7-13(17-4)8-6-12/h5-10,15H,1-4H3. The Balaban J connectivity index is 2.75. The summed E-state index contributed by atoms with van der Waals surface area (Å²) in [5.41, 5.74) is 1.54. The Labute approximate surface area is 102 Å². The van der Waals surface area contributed by atoms with Crippen LogP contribution in [0.15, 0.2) is 36.0 Å². The summed E-state index contributed by atoms with van der Waals surface area (Å²) in [6.07, 6.45) is 1.61. The van der Waals surface area contributed by atoms with Crippen LogP contribution >= 0.6 is 0 Å². The zero-order chi connectivity index (χ0) is 12.8. The molecule has 3 heteroatoms. The quantitative estimate of drug-likeness (QED) is 0.627. The van der Waals surface area contributed by atoms with E-state index in [9.17, 15) is 4.79 Å². The number of methoxy groups -OCH3 is 1. The lowest BCUT2D eigenvalue weighted by Crippen LogP contribution is -2.21. The summed E-state index contributed by atoms with van der Waals surface area (Å²) in [6.45, 7) is 5.96. The Kier molecular flexibility index (Phi) is 4.76. The maximum atomic E-state index is 11.9. The van der Waals surface area contributed by atoms with Gasteiger partial charge in [-0.1, -0.05) is 0 Å². The molecule has 0 aromatic heterocycles. The van der Waals surface area contributed by atoms with E-state index in [1.54, 1.807) is 37.5 Å². The third-order valence-corrected chi connectivity index (χ3v) is 2.24. The largest absolute Gasteiger partial charge is 0.497 e. The van der Waals surface area contributed by atoms with Crippen LogP contribution in [0.2, 0.25) is 0 Å². The summed E-state index contributed by atoms with van der Waals surface area (Å²) in [5.74, 6) is 0.751. The Morgan fingerprint density at radius 1 is 1.29 bits per heavy atom. The fraction of sp³-hybridized carbons (Fsp3) is 0.357. The molecule has 3 nitrogen and oxygen atoms in total. The molecule has 0 aliphatic carbocycles. The first kappa shape index (κ1) is 13.3. The number of hydrogen-bond donors (Lipinski definition) is 1. The van der Waals surface area contributed by atoms with Crippen molar-refractivity contribution in [3.63, 3.8) is 0 Å². The average molecular weight is 233 g/mol. The molecule has 1 aromatic carbocycles. The van der Waals surface area contributed by atoms with E-state index in [-0.39, 0.29) is 5.78 Å². The summed E-state index contributed by atoms with van der Waals surface area (Å²) in [7, 11) is 1.60. The minimum atomic E-state index is -0.00157. The van der Waals surface area contributed by atoms with Crippen LogP contribution in [0, 0.1) is 0 Å². The topological polar surface area (TPSA) is 38.3 Å². The van der Waals surface area contributed by atoms with Gasteiger partial charge in [-0.15, -0.1) is 0 Å². The Bertz CT molecular complexity index is 405. The molecule has 0 aliphatic rings. The van der Waals surface area contributed by atoms with Gasteiger partial charge in [0.1, 0.15) is 5.75 Å². The summed E-state index contributed by atoms with van der Waals surface area (Å²) in [5, 5.41) is 3.18. The van der Waals surface area contributed by atoms with Gasteiger partial charge in [0.25, 0.3) is 0 Å². The second-order valence-electron chi connectivity index (χ2n) is 4.22. The van der Waals surface area contributed by atoms with Crippen molar-refractivity contribution >= 4 is 5.78 Å². The van der Waals surface area contributed by atoms with Gasteiger partial charge in [-0.05, 0) is 45.0 Å². The van der Waals surface area contributed by atoms with Crippen molar-refractivity contribution in [2.45, 2.75) is 26.8 Å². The molecule has 0 saturated heterocycles. The first-order chi connectivity index (χ1) is 8.02. The maximum absolute atomic E-state index is 11.9. The first-order valence-corrected chi connectivity index (χ1v) is 5.66. The molecule has 0 spiro atoms. The normalized spacial score (nSPS) is 11.5. The Morgan fingerprint density at radius 3 is 2.35 bits per heavy atom. The summed E-state index contributed by atoms with van der Waals surface area (Å²) in [4.78, 5) is 11.9. The van der Waals surface area contributed by atoms with Crippen molar-refractivity contribution in [2.75, 3.05) is 7.11 Å². The number of nitrogens with one attached hydrogen (secondary N) is 1. The molecule has 1 N–H and O–H groups in total. The fourth-order valence-corrected chi connectivity index (χ4v) is 1.53. The summed E-state index contributed by atoms with van der Waals surface area (Å²) in [6, 6.07) is 7.43. The highest BCUT2D eigenvalue weighted by molar-refractivity contribution is 6.04. The third kappa shape index (κ3) is 4.31. The first-order valence-electron chi connectivity index (χ1n) is 5.66. The molecule has 0 aliphatic heterocycles. The number of allylic oxidation sites excluding steroid dienone is 2. The lowest BCUT2D eigenvalue weighted by molar-refractivity contribution is 0.104. The average Bonchev–Trinajstić information content (AvgIpc) is 2.28. The Morgan fingerprint density at radius 2 is 1.88 bits per heavy atom. The van der Waals surface area contributed by atoms with E-state index in [0.717, 1.165) is 11.4 Å². The zero-order valence-corrected chi connectivity index (χ0v) is 10.8. The van der Waals surface area contributed by atoms with Crippen LogP contribution < -0.4 is 10.1 Å². The highest BCUT2D eigenvalue weighted by Crippen LogP contribution is 2.12. The van der Waals surface area contributed by atoms with Gasteiger partial charge in [0.05, 0.1) is 7.11 Å². The van der Waals surface area contributed by atoms with Crippen LogP contribution in [0.25, 0.3) is 0 Å². The summed E-state index contributed by atoms with van der Waals surface area (Å²) < 4.78 is 5.04. The number of carbonyl (C=O) groups excluding carboxylic acids is 1. The molecule has 0 bridgehead atoms. The van der Waals surface area contributed by atoms with Gasteiger partial charge < -0.3 is 10.1 Å². The van der Waals surface area contributed by atoms with Gasteiger partial charge in [0.2, 0.25) is 0 Å². The van der Waals surface area contributed by atoms with Crippen LogP contribution in [0.1, 0.15) is 31.1 Å². The van der Waals surface area contributed by atoms with E-state index < -0.39 is 0 Å². The highest BCUT2D eigenvalue weighted by Gasteiger charge is 2.03. The Hall–Kier alpha value is -1.77. The predicted octanol–water partition coefficient (Wildman–Crippen LogP) is 2.78. The molecule has 0 atom stereocenters. The van der Waals surface area contributed by atoms with Crippen LogP contribution in [0.5, 0.6) is 5.75 Å². The maximum Gasteiger partial charge on any atom is 0.187 e. The zero-order valence-electron chi connectivity index (χ0n) is 10.8. The van der Waals surface area contributed by atoms with Crippen molar-refractivity contribution < 1.29 is 9.53 Å². The van der Waals surface area contributed by atoms with Crippen molar-refractivity contribution in [2.24, 2.45) is 0 Å². The van der Waals surface area contributed by atoms with E-state index in [0.29, 0.717) is 11.6 Å². The molecule has 1 aromatic rings. The molecule has 0 radical (unpaired) electrons. The lowest BCUT2D eigenvalue weighted by Gasteiger charge is -2.09. The minimum Gasteiger partial charge on any atom is -0.497 e. The van der Waals surface area contributed by atoms with Crippen molar-refractivity contribution in [3.05, 3.63) is 41.6 Å². The van der Waals surface area contributed by atoms with E-state index in [1.807, 2.05) is 20.8 Å². The molecule has 0 unspecified atom stereocenters.